The van der Waals surface area contributed by atoms with E-state index in [1.165, 1.54) is 25.7 Å². The molecule has 0 amide bonds. The maximum absolute atomic E-state index is 3.69. The molecule has 0 aliphatic heterocycles. The Hall–Kier alpha value is -0.0400. The molecule has 0 saturated heterocycles. The van der Waals surface area contributed by atoms with Crippen molar-refractivity contribution in [1.29, 1.82) is 0 Å². The Morgan fingerprint density at radius 2 is 1.56 bits per heavy atom. The standard InChI is InChI=1S/C15H33N/c1-8-10-13(3)15(7,11-9-2)12-16-14(4,5)6/h13,16H,8-12H2,1-7H3. The minimum absolute atomic E-state index is 0.237. The van der Waals surface area contributed by atoms with Crippen LogP contribution in [0, 0.1) is 11.3 Å². The van der Waals surface area contributed by atoms with Gasteiger partial charge in [-0.25, -0.2) is 0 Å². The quantitative estimate of drug-likeness (QED) is 0.669. The van der Waals surface area contributed by atoms with Gasteiger partial charge in [0.05, 0.1) is 0 Å². The number of hydrogen-bond acceptors (Lipinski definition) is 1. The Labute approximate surface area is 103 Å². The summed E-state index contributed by atoms with van der Waals surface area (Å²) >= 11 is 0. The van der Waals surface area contributed by atoms with Gasteiger partial charge in [-0.3, -0.25) is 0 Å². The third kappa shape index (κ3) is 5.89. The van der Waals surface area contributed by atoms with E-state index < -0.39 is 0 Å². The fourth-order valence-electron chi connectivity index (χ4n) is 2.33. The van der Waals surface area contributed by atoms with Gasteiger partial charge in [-0.05, 0) is 38.5 Å². The molecule has 0 spiro atoms. The van der Waals surface area contributed by atoms with E-state index in [0.717, 1.165) is 12.5 Å². The smallest absolute Gasteiger partial charge is 0.00967 e. The second kappa shape index (κ2) is 6.64. The lowest BCUT2D eigenvalue weighted by molar-refractivity contribution is 0.151. The average Bonchev–Trinajstić information content (AvgIpc) is 2.15. The lowest BCUT2D eigenvalue weighted by atomic mass is 9.72. The summed E-state index contributed by atoms with van der Waals surface area (Å²) in [5.74, 6) is 0.812. The molecule has 2 atom stereocenters. The minimum Gasteiger partial charge on any atom is -0.312 e. The SMILES string of the molecule is CCCC(C)C(C)(CCC)CNC(C)(C)C. The van der Waals surface area contributed by atoms with Crippen molar-refractivity contribution in [3.8, 4) is 0 Å². The molecule has 1 nitrogen and oxygen atoms in total. The number of nitrogens with one attached hydrogen (secondary N) is 1. The highest BCUT2D eigenvalue weighted by Crippen LogP contribution is 2.35. The second-order valence-electron chi connectivity index (χ2n) is 6.70. The highest BCUT2D eigenvalue weighted by molar-refractivity contribution is 4.85. The number of rotatable bonds is 7. The van der Waals surface area contributed by atoms with Crippen LogP contribution in [0.4, 0.5) is 0 Å². The van der Waals surface area contributed by atoms with Gasteiger partial charge in [0.15, 0.2) is 0 Å². The van der Waals surface area contributed by atoms with Crippen molar-refractivity contribution < 1.29 is 0 Å². The van der Waals surface area contributed by atoms with Crippen molar-refractivity contribution in [1.82, 2.24) is 5.32 Å². The normalized spacial score (nSPS) is 18.2. The molecule has 0 aromatic rings. The van der Waals surface area contributed by atoms with Crippen molar-refractivity contribution in [2.75, 3.05) is 6.54 Å². The fourth-order valence-corrected chi connectivity index (χ4v) is 2.33. The summed E-state index contributed by atoms with van der Waals surface area (Å²) in [5, 5.41) is 3.69. The van der Waals surface area contributed by atoms with E-state index >= 15 is 0 Å². The fraction of sp³-hybridized carbons (Fsp3) is 1.00. The summed E-state index contributed by atoms with van der Waals surface area (Å²) in [5.41, 5.74) is 0.693. The average molecular weight is 227 g/mol. The highest BCUT2D eigenvalue weighted by atomic mass is 15.0. The summed E-state index contributed by atoms with van der Waals surface area (Å²) in [6, 6.07) is 0. The molecule has 0 rings (SSSR count). The predicted molar refractivity (Wildman–Crippen MR) is 74.8 cm³/mol. The molecule has 16 heavy (non-hydrogen) atoms. The van der Waals surface area contributed by atoms with Crippen LogP contribution < -0.4 is 5.32 Å². The zero-order chi connectivity index (χ0) is 12.8. The van der Waals surface area contributed by atoms with Gasteiger partial charge in [0.2, 0.25) is 0 Å². The Morgan fingerprint density at radius 3 is 1.94 bits per heavy atom. The molecule has 0 saturated carbocycles. The molecule has 0 aliphatic carbocycles. The van der Waals surface area contributed by atoms with Crippen LogP contribution in [0.25, 0.3) is 0 Å². The van der Waals surface area contributed by atoms with Gasteiger partial charge in [-0.2, -0.15) is 0 Å². The lowest BCUT2D eigenvalue weighted by Gasteiger charge is -2.38. The maximum atomic E-state index is 3.69. The van der Waals surface area contributed by atoms with Gasteiger partial charge in [-0.1, -0.05) is 47.0 Å². The van der Waals surface area contributed by atoms with Gasteiger partial charge in [-0.15, -0.1) is 0 Å². The topological polar surface area (TPSA) is 12.0 Å². The van der Waals surface area contributed by atoms with Gasteiger partial charge in [0, 0.05) is 12.1 Å². The summed E-state index contributed by atoms with van der Waals surface area (Å²) in [6.45, 7) is 17.4. The summed E-state index contributed by atoms with van der Waals surface area (Å²) in [6.07, 6.45) is 5.27. The number of hydrogen-bond donors (Lipinski definition) is 1. The molecular formula is C15H33N. The molecule has 2 unspecified atom stereocenters. The third-order valence-corrected chi connectivity index (χ3v) is 3.76. The summed E-state index contributed by atoms with van der Waals surface area (Å²) < 4.78 is 0. The molecule has 0 aliphatic rings. The molecule has 0 fully saturated rings. The Kier molecular flexibility index (Phi) is 6.62. The molecule has 0 radical (unpaired) electrons. The van der Waals surface area contributed by atoms with Gasteiger partial charge in [0.25, 0.3) is 0 Å². The van der Waals surface area contributed by atoms with E-state index in [4.69, 9.17) is 0 Å². The van der Waals surface area contributed by atoms with Crippen molar-refractivity contribution in [2.45, 2.75) is 79.7 Å². The molecule has 1 heteroatoms. The Morgan fingerprint density at radius 1 is 1.00 bits per heavy atom. The first kappa shape index (κ1) is 16.0. The first-order valence-corrected chi connectivity index (χ1v) is 7.00. The van der Waals surface area contributed by atoms with Crippen molar-refractivity contribution in [3.63, 3.8) is 0 Å². The van der Waals surface area contributed by atoms with Crippen LogP contribution in [0.2, 0.25) is 0 Å². The molecule has 0 heterocycles. The first-order chi connectivity index (χ1) is 7.25. The molecule has 98 valence electrons. The van der Waals surface area contributed by atoms with Crippen LogP contribution in [0.5, 0.6) is 0 Å². The van der Waals surface area contributed by atoms with Crippen LogP contribution in [-0.4, -0.2) is 12.1 Å². The van der Waals surface area contributed by atoms with Crippen LogP contribution in [0.1, 0.15) is 74.1 Å². The van der Waals surface area contributed by atoms with E-state index in [9.17, 15) is 0 Å². The van der Waals surface area contributed by atoms with E-state index in [0.29, 0.717) is 5.41 Å². The molecule has 0 aromatic carbocycles. The maximum Gasteiger partial charge on any atom is 0.00967 e. The van der Waals surface area contributed by atoms with Crippen molar-refractivity contribution in [2.24, 2.45) is 11.3 Å². The highest BCUT2D eigenvalue weighted by Gasteiger charge is 2.30. The predicted octanol–water partition coefficient (Wildman–Crippen LogP) is 4.62. The largest absolute Gasteiger partial charge is 0.312 e. The summed E-state index contributed by atoms with van der Waals surface area (Å²) in [7, 11) is 0. The van der Waals surface area contributed by atoms with Crippen LogP contribution >= 0.6 is 0 Å². The van der Waals surface area contributed by atoms with E-state index in [2.05, 4.69) is 53.8 Å². The Bertz CT molecular complexity index is 180. The second-order valence-corrected chi connectivity index (χ2v) is 6.70. The molecule has 0 aromatic heterocycles. The van der Waals surface area contributed by atoms with Crippen LogP contribution in [0.15, 0.2) is 0 Å². The van der Waals surface area contributed by atoms with Gasteiger partial charge in [0.1, 0.15) is 0 Å². The molecule has 0 bridgehead atoms. The molecule has 1 N–H and O–H groups in total. The van der Waals surface area contributed by atoms with E-state index in [1.54, 1.807) is 0 Å². The zero-order valence-corrected chi connectivity index (χ0v) is 12.6. The third-order valence-electron chi connectivity index (χ3n) is 3.76. The van der Waals surface area contributed by atoms with Crippen LogP contribution in [-0.2, 0) is 0 Å². The van der Waals surface area contributed by atoms with E-state index in [1.807, 2.05) is 0 Å². The monoisotopic (exact) mass is 227 g/mol. The van der Waals surface area contributed by atoms with E-state index in [-0.39, 0.29) is 5.54 Å². The van der Waals surface area contributed by atoms with Gasteiger partial charge >= 0.3 is 0 Å². The zero-order valence-electron chi connectivity index (χ0n) is 12.6. The first-order valence-electron chi connectivity index (χ1n) is 7.00. The minimum atomic E-state index is 0.237. The van der Waals surface area contributed by atoms with Crippen molar-refractivity contribution >= 4 is 0 Å². The lowest BCUT2D eigenvalue weighted by Crippen LogP contribution is -2.45. The summed E-state index contributed by atoms with van der Waals surface area (Å²) in [4.78, 5) is 0. The van der Waals surface area contributed by atoms with Crippen LogP contribution in [0.3, 0.4) is 0 Å². The van der Waals surface area contributed by atoms with Crippen molar-refractivity contribution in [3.05, 3.63) is 0 Å². The molecular weight excluding hydrogens is 194 g/mol. The Balaban J connectivity index is 4.43. The van der Waals surface area contributed by atoms with Gasteiger partial charge < -0.3 is 5.32 Å².